The molecule has 5 rings (SSSR count). The fraction of sp³-hybridized carbons (Fsp3) is 0.550. The molecule has 0 N–H and O–H groups in total. The topological polar surface area (TPSA) is 48.0 Å². The molecule has 1 aromatic rings. The zero-order valence-electron chi connectivity index (χ0n) is 14.8. The number of hydrogen-bond donors (Lipinski definition) is 0. The lowest BCUT2D eigenvalue weighted by atomic mass is 9.70. The lowest BCUT2D eigenvalue weighted by Gasteiger charge is -2.52. The third-order valence-corrected chi connectivity index (χ3v) is 5.72. The second-order valence-electron chi connectivity index (χ2n) is 7.29. The molecule has 3 aliphatic heterocycles. The molecule has 3 heterocycles. The average Bonchev–Trinajstić information content (AvgIpc) is 3.09. The van der Waals surface area contributed by atoms with Crippen LogP contribution in [0.3, 0.4) is 0 Å². The van der Waals surface area contributed by atoms with Crippen molar-refractivity contribution in [1.82, 2.24) is 4.90 Å². The van der Waals surface area contributed by atoms with Crippen molar-refractivity contribution in [2.75, 3.05) is 26.9 Å². The van der Waals surface area contributed by atoms with E-state index in [0.717, 1.165) is 25.1 Å². The number of ether oxygens (including phenoxy) is 3. The maximum Gasteiger partial charge on any atom is 0.335 e. The van der Waals surface area contributed by atoms with E-state index in [1.165, 1.54) is 12.7 Å². The molecule has 0 amide bonds. The molecule has 2 saturated heterocycles. The molecule has 0 unspecified atom stereocenters. The molecule has 2 bridgehead atoms. The highest BCUT2D eigenvalue weighted by Crippen LogP contribution is 2.46. The molecule has 4 aliphatic rings. The van der Waals surface area contributed by atoms with Crippen LogP contribution in [0.25, 0.3) is 0 Å². The first-order valence-corrected chi connectivity index (χ1v) is 8.96. The van der Waals surface area contributed by atoms with Crippen LogP contribution in [0.15, 0.2) is 42.0 Å². The van der Waals surface area contributed by atoms with Gasteiger partial charge in [-0.2, -0.15) is 0 Å². The van der Waals surface area contributed by atoms with Gasteiger partial charge in [0.15, 0.2) is 5.79 Å². The van der Waals surface area contributed by atoms with Gasteiger partial charge in [-0.3, -0.25) is 4.90 Å². The summed E-state index contributed by atoms with van der Waals surface area (Å²) in [4.78, 5) is 14.8. The van der Waals surface area contributed by atoms with Gasteiger partial charge in [-0.15, -0.1) is 0 Å². The molecule has 5 heteroatoms. The molecule has 0 spiro atoms. The molecule has 0 saturated carbocycles. The summed E-state index contributed by atoms with van der Waals surface area (Å²) in [5.74, 6) is -0.431. The number of carbonyl (C=O) groups excluding carboxylic acids is 1. The maximum atomic E-state index is 12.4. The second-order valence-corrected chi connectivity index (χ2v) is 7.29. The van der Waals surface area contributed by atoms with Gasteiger partial charge in [0.05, 0.1) is 25.9 Å². The van der Waals surface area contributed by atoms with Crippen LogP contribution < -0.4 is 0 Å². The highest BCUT2D eigenvalue weighted by Gasteiger charge is 2.53. The molecule has 5 nitrogen and oxygen atoms in total. The number of fused-ring (bicyclic) bond motifs is 2. The molecular weight excluding hydrogens is 318 g/mol. The molecule has 0 radical (unpaired) electrons. The number of methoxy groups -OCH3 is 1. The summed E-state index contributed by atoms with van der Waals surface area (Å²) in [6.07, 6.45) is 3.08. The third kappa shape index (κ3) is 3.01. The Hall–Kier alpha value is -1.69. The number of carbonyl (C=O) groups is 1. The van der Waals surface area contributed by atoms with Gasteiger partial charge in [0.1, 0.15) is 0 Å². The van der Waals surface area contributed by atoms with Gasteiger partial charge in [0.25, 0.3) is 0 Å². The van der Waals surface area contributed by atoms with Crippen molar-refractivity contribution in [3.05, 3.63) is 47.5 Å². The van der Waals surface area contributed by atoms with Crippen LogP contribution in [0.2, 0.25) is 0 Å². The monoisotopic (exact) mass is 343 g/mol. The summed E-state index contributed by atoms with van der Waals surface area (Å²) in [6.45, 7) is 5.00. The molecule has 134 valence electrons. The lowest BCUT2D eigenvalue weighted by Crippen LogP contribution is -2.60. The molecule has 1 aromatic carbocycles. The van der Waals surface area contributed by atoms with Gasteiger partial charge < -0.3 is 14.2 Å². The van der Waals surface area contributed by atoms with E-state index in [1.54, 1.807) is 0 Å². The van der Waals surface area contributed by atoms with Crippen LogP contribution in [0.4, 0.5) is 0 Å². The molecular formula is C20H25NO4. The van der Waals surface area contributed by atoms with Gasteiger partial charge in [-0.05, 0) is 24.8 Å². The Bertz CT molecular complexity index is 666. The Balaban J connectivity index is 1.66. The maximum absolute atomic E-state index is 12.4. The van der Waals surface area contributed by atoms with Crippen molar-refractivity contribution < 1.29 is 19.0 Å². The van der Waals surface area contributed by atoms with Crippen molar-refractivity contribution in [3.8, 4) is 0 Å². The molecule has 3 atom stereocenters. The molecule has 1 aliphatic carbocycles. The normalized spacial score (nSPS) is 31.0. The van der Waals surface area contributed by atoms with Crippen LogP contribution in [-0.4, -0.2) is 49.6 Å². The SMILES string of the molecule is COC(=O)C1=C[C@H]2C[C@@H](C3(C)OCCO3)[C@@H]1N(Cc1ccccc1)C2. The van der Waals surface area contributed by atoms with Crippen molar-refractivity contribution in [1.29, 1.82) is 0 Å². The van der Waals surface area contributed by atoms with Crippen LogP contribution >= 0.6 is 0 Å². The minimum Gasteiger partial charge on any atom is -0.466 e. The summed E-state index contributed by atoms with van der Waals surface area (Å²) < 4.78 is 17.0. The van der Waals surface area contributed by atoms with Crippen molar-refractivity contribution in [2.45, 2.75) is 31.7 Å². The van der Waals surface area contributed by atoms with Crippen LogP contribution in [-0.2, 0) is 25.5 Å². The Labute approximate surface area is 148 Å². The Kier molecular flexibility index (Phi) is 4.40. The van der Waals surface area contributed by atoms with E-state index < -0.39 is 5.79 Å². The van der Waals surface area contributed by atoms with Crippen LogP contribution in [0, 0.1) is 11.8 Å². The molecule has 25 heavy (non-hydrogen) atoms. The number of esters is 1. The van der Waals surface area contributed by atoms with Gasteiger partial charge in [-0.25, -0.2) is 4.79 Å². The standard InChI is InChI=1S/C20H25NO4/c1-20(24-8-9-25-20)17-11-15-10-16(19(22)23-2)18(17)21(13-15)12-14-6-4-3-5-7-14/h3-7,10,15,17-18H,8-9,11-13H2,1-2H3/t15-,17+,18+/m0/s1. The van der Waals surface area contributed by atoms with Crippen molar-refractivity contribution in [3.63, 3.8) is 0 Å². The summed E-state index contributed by atoms with van der Waals surface area (Å²) in [5, 5.41) is 0. The van der Waals surface area contributed by atoms with E-state index in [4.69, 9.17) is 14.2 Å². The summed E-state index contributed by atoms with van der Waals surface area (Å²) in [6, 6.07) is 10.3. The first-order valence-electron chi connectivity index (χ1n) is 8.96. The van der Waals surface area contributed by atoms with E-state index in [1.807, 2.05) is 13.0 Å². The van der Waals surface area contributed by atoms with E-state index in [2.05, 4.69) is 35.2 Å². The predicted molar refractivity (Wildman–Crippen MR) is 92.6 cm³/mol. The molecule has 2 fully saturated rings. The highest BCUT2D eigenvalue weighted by molar-refractivity contribution is 5.90. The highest BCUT2D eigenvalue weighted by atomic mass is 16.7. The quantitative estimate of drug-likeness (QED) is 0.786. The van der Waals surface area contributed by atoms with Crippen molar-refractivity contribution in [2.24, 2.45) is 11.8 Å². The second kappa shape index (κ2) is 6.56. The smallest absolute Gasteiger partial charge is 0.335 e. The van der Waals surface area contributed by atoms with Crippen LogP contribution in [0.5, 0.6) is 0 Å². The largest absolute Gasteiger partial charge is 0.466 e. The lowest BCUT2D eigenvalue weighted by molar-refractivity contribution is -0.208. The predicted octanol–water partition coefficient (Wildman–Crippen LogP) is 2.37. The minimum absolute atomic E-state index is 0.0410. The third-order valence-electron chi connectivity index (χ3n) is 5.72. The molecule has 0 aromatic heterocycles. The summed E-state index contributed by atoms with van der Waals surface area (Å²) in [7, 11) is 1.45. The van der Waals surface area contributed by atoms with Gasteiger partial charge in [0.2, 0.25) is 0 Å². The first kappa shape index (κ1) is 16.8. The van der Waals surface area contributed by atoms with E-state index >= 15 is 0 Å². The Morgan fingerprint density at radius 2 is 2.00 bits per heavy atom. The van der Waals surface area contributed by atoms with E-state index in [-0.39, 0.29) is 17.9 Å². The zero-order chi connectivity index (χ0) is 17.4. The van der Waals surface area contributed by atoms with Gasteiger partial charge >= 0.3 is 5.97 Å². The van der Waals surface area contributed by atoms with Crippen LogP contribution in [0.1, 0.15) is 18.9 Å². The Morgan fingerprint density at radius 1 is 1.28 bits per heavy atom. The minimum atomic E-state index is -0.633. The van der Waals surface area contributed by atoms with Gasteiger partial charge in [0, 0.05) is 25.0 Å². The van der Waals surface area contributed by atoms with E-state index in [0.29, 0.717) is 19.1 Å². The number of hydrogen-bond acceptors (Lipinski definition) is 5. The van der Waals surface area contributed by atoms with Gasteiger partial charge in [-0.1, -0.05) is 36.4 Å². The number of nitrogens with zero attached hydrogens (tertiary/aromatic N) is 1. The first-order chi connectivity index (χ1) is 12.1. The van der Waals surface area contributed by atoms with E-state index in [9.17, 15) is 4.79 Å². The van der Waals surface area contributed by atoms with Crippen molar-refractivity contribution >= 4 is 5.97 Å². The summed E-state index contributed by atoms with van der Waals surface area (Å²) >= 11 is 0. The number of piperidine rings is 1. The fourth-order valence-electron chi connectivity index (χ4n) is 4.62. The average molecular weight is 343 g/mol. The number of benzene rings is 1. The zero-order valence-corrected chi connectivity index (χ0v) is 14.8. The Morgan fingerprint density at radius 3 is 2.68 bits per heavy atom. The number of rotatable bonds is 4. The summed E-state index contributed by atoms with van der Waals surface area (Å²) in [5.41, 5.74) is 2.00. The fourth-order valence-corrected chi connectivity index (χ4v) is 4.62.